The summed E-state index contributed by atoms with van der Waals surface area (Å²) in [5.41, 5.74) is 1.31. The predicted molar refractivity (Wildman–Crippen MR) is 72.2 cm³/mol. The molecule has 1 heterocycles. The standard InChI is InChI=1S/C13H18ClNS/c1-10(12-7-13(14)16-9-12)15-8-11-5-3-2-4-6-11/h2-3,7,9-11,15H,4-6,8H2,1H3. The molecule has 1 aromatic heterocycles. The third-order valence-electron chi connectivity index (χ3n) is 3.18. The Balaban J connectivity index is 1.79. The van der Waals surface area contributed by atoms with Crippen molar-refractivity contribution in [2.24, 2.45) is 5.92 Å². The summed E-state index contributed by atoms with van der Waals surface area (Å²) < 4.78 is 0.879. The monoisotopic (exact) mass is 255 g/mol. The molecule has 0 radical (unpaired) electrons. The smallest absolute Gasteiger partial charge is 0.0931 e. The highest BCUT2D eigenvalue weighted by Gasteiger charge is 2.12. The highest BCUT2D eigenvalue weighted by Crippen LogP contribution is 2.25. The quantitative estimate of drug-likeness (QED) is 0.786. The van der Waals surface area contributed by atoms with E-state index < -0.39 is 0 Å². The molecule has 2 rings (SSSR count). The molecule has 1 aliphatic carbocycles. The minimum absolute atomic E-state index is 0.412. The molecule has 88 valence electrons. The summed E-state index contributed by atoms with van der Waals surface area (Å²) in [7, 11) is 0. The van der Waals surface area contributed by atoms with Crippen LogP contribution in [-0.2, 0) is 0 Å². The van der Waals surface area contributed by atoms with Gasteiger partial charge in [-0.15, -0.1) is 11.3 Å². The van der Waals surface area contributed by atoms with Crippen LogP contribution in [0.2, 0.25) is 4.34 Å². The van der Waals surface area contributed by atoms with Crippen LogP contribution in [0.4, 0.5) is 0 Å². The number of thiophene rings is 1. The second-order valence-corrected chi connectivity index (χ2v) is 6.01. The summed E-state index contributed by atoms with van der Waals surface area (Å²) in [5.74, 6) is 0.807. The van der Waals surface area contributed by atoms with Crippen molar-refractivity contribution in [2.45, 2.75) is 32.2 Å². The maximum absolute atomic E-state index is 5.93. The first-order valence-electron chi connectivity index (χ1n) is 5.88. The number of nitrogens with one attached hydrogen (secondary N) is 1. The molecular weight excluding hydrogens is 238 g/mol. The van der Waals surface area contributed by atoms with Crippen LogP contribution < -0.4 is 5.32 Å². The lowest BCUT2D eigenvalue weighted by molar-refractivity contribution is 0.416. The van der Waals surface area contributed by atoms with Crippen LogP contribution in [0.5, 0.6) is 0 Å². The van der Waals surface area contributed by atoms with Crippen molar-refractivity contribution in [1.29, 1.82) is 0 Å². The Morgan fingerprint density at radius 1 is 1.56 bits per heavy atom. The van der Waals surface area contributed by atoms with Gasteiger partial charge >= 0.3 is 0 Å². The molecule has 16 heavy (non-hydrogen) atoms. The van der Waals surface area contributed by atoms with Crippen molar-refractivity contribution in [3.63, 3.8) is 0 Å². The lowest BCUT2D eigenvalue weighted by Crippen LogP contribution is -2.26. The second-order valence-electron chi connectivity index (χ2n) is 4.46. The third kappa shape index (κ3) is 3.34. The molecule has 1 N–H and O–H groups in total. The number of hydrogen-bond acceptors (Lipinski definition) is 2. The van der Waals surface area contributed by atoms with E-state index in [0.29, 0.717) is 6.04 Å². The van der Waals surface area contributed by atoms with Crippen molar-refractivity contribution in [2.75, 3.05) is 6.54 Å². The van der Waals surface area contributed by atoms with Gasteiger partial charge in [0.15, 0.2) is 0 Å². The van der Waals surface area contributed by atoms with E-state index in [1.165, 1.54) is 24.8 Å². The average molecular weight is 256 g/mol. The normalized spacial score (nSPS) is 22.2. The van der Waals surface area contributed by atoms with Gasteiger partial charge in [0, 0.05) is 6.04 Å². The molecule has 0 aromatic carbocycles. The largest absolute Gasteiger partial charge is 0.310 e. The van der Waals surface area contributed by atoms with Crippen molar-refractivity contribution in [3.05, 3.63) is 33.5 Å². The molecule has 0 spiro atoms. The van der Waals surface area contributed by atoms with Crippen LogP contribution in [0.1, 0.15) is 37.8 Å². The molecule has 0 amide bonds. The van der Waals surface area contributed by atoms with Crippen LogP contribution in [0, 0.1) is 5.92 Å². The molecule has 3 heteroatoms. The Bertz CT molecular complexity index is 359. The summed E-state index contributed by atoms with van der Waals surface area (Å²) in [6, 6.07) is 2.47. The van der Waals surface area contributed by atoms with Gasteiger partial charge in [-0.1, -0.05) is 23.8 Å². The van der Waals surface area contributed by atoms with Crippen LogP contribution in [0.3, 0.4) is 0 Å². The fourth-order valence-corrected chi connectivity index (χ4v) is 3.04. The lowest BCUT2D eigenvalue weighted by atomic mass is 9.94. The second kappa shape index (κ2) is 5.85. The van der Waals surface area contributed by atoms with E-state index in [-0.39, 0.29) is 0 Å². The highest BCUT2D eigenvalue weighted by molar-refractivity contribution is 7.14. The van der Waals surface area contributed by atoms with Gasteiger partial charge in [-0.25, -0.2) is 0 Å². The number of rotatable bonds is 4. The van der Waals surface area contributed by atoms with Gasteiger partial charge in [-0.05, 0) is 55.7 Å². The van der Waals surface area contributed by atoms with Gasteiger partial charge in [0.2, 0.25) is 0 Å². The van der Waals surface area contributed by atoms with Gasteiger partial charge in [0.1, 0.15) is 0 Å². The van der Waals surface area contributed by atoms with Crippen molar-refractivity contribution in [3.8, 4) is 0 Å². The Kier molecular flexibility index (Phi) is 4.45. The molecule has 0 saturated heterocycles. The SMILES string of the molecule is CC(NCC1CC=CCC1)c1csc(Cl)c1. The van der Waals surface area contributed by atoms with Crippen LogP contribution in [-0.4, -0.2) is 6.54 Å². The van der Waals surface area contributed by atoms with Gasteiger partial charge < -0.3 is 5.32 Å². The van der Waals surface area contributed by atoms with Gasteiger partial charge in [-0.3, -0.25) is 0 Å². The van der Waals surface area contributed by atoms with E-state index in [0.717, 1.165) is 16.8 Å². The highest BCUT2D eigenvalue weighted by atomic mass is 35.5. The van der Waals surface area contributed by atoms with Gasteiger partial charge in [0.25, 0.3) is 0 Å². The first-order valence-corrected chi connectivity index (χ1v) is 7.14. The number of allylic oxidation sites excluding steroid dienone is 2. The molecule has 0 saturated carbocycles. The van der Waals surface area contributed by atoms with E-state index in [1.54, 1.807) is 11.3 Å². The van der Waals surface area contributed by atoms with Gasteiger partial charge in [0.05, 0.1) is 4.34 Å². The maximum atomic E-state index is 5.93. The first kappa shape index (κ1) is 12.2. The summed E-state index contributed by atoms with van der Waals surface area (Å²) in [6.07, 6.45) is 8.39. The maximum Gasteiger partial charge on any atom is 0.0931 e. The zero-order chi connectivity index (χ0) is 11.4. The van der Waals surface area contributed by atoms with Crippen molar-refractivity contribution >= 4 is 22.9 Å². The predicted octanol–water partition coefficient (Wildman–Crippen LogP) is 4.41. The molecule has 1 nitrogen and oxygen atoms in total. The van der Waals surface area contributed by atoms with Crippen LogP contribution in [0.25, 0.3) is 0 Å². The Labute approximate surface area is 107 Å². The number of halogens is 1. The van der Waals surface area contributed by atoms with Crippen LogP contribution >= 0.6 is 22.9 Å². The minimum Gasteiger partial charge on any atom is -0.310 e. The molecule has 0 fully saturated rings. The van der Waals surface area contributed by atoms with E-state index in [1.807, 2.05) is 0 Å². The Hall–Kier alpha value is -0.310. The lowest BCUT2D eigenvalue weighted by Gasteiger charge is -2.21. The van der Waals surface area contributed by atoms with E-state index in [9.17, 15) is 0 Å². The van der Waals surface area contributed by atoms with E-state index in [4.69, 9.17) is 11.6 Å². The number of hydrogen-bond donors (Lipinski definition) is 1. The summed E-state index contributed by atoms with van der Waals surface area (Å²) >= 11 is 7.54. The topological polar surface area (TPSA) is 12.0 Å². The Morgan fingerprint density at radius 2 is 2.44 bits per heavy atom. The zero-order valence-corrected chi connectivity index (χ0v) is 11.2. The first-order chi connectivity index (χ1) is 7.75. The summed E-state index contributed by atoms with van der Waals surface area (Å²) in [4.78, 5) is 0. The molecule has 0 aliphatic heterocycles. The summed E-state index contributed by atoms with van der Waals surface area (Å²) in [6.45, 7) is 3.32. The van der Waals surface area contributed by atoms with Gasteiger partial charge in [-0.2, -0.15) is 0 Å². The van der Waals surface area contributed by atoms with Crippen molar-refractivity contribution in [1.82, 2.24) is 5.32 Å². The molecule has 1 aliphatic rings. The molecule has 2 unspecified atom stereocenters. The molecule has 2 atom stereocenters. The van der Waals surface area contributed by atoms with Crippen LogP contribution in [0.15, 0.2) is 23.6 Å². The third-order valence-corrected chi connectivity index (χ3v) is 4.29. The van der Waals surface area contributed by atoms with E-state index >= 15 is 0 Å². The van der Waals surface area contributed by atoms with E-state index in [2.05, 4.69) is 35.8 Å². The molecule has 1 aromatic rings. The Morgan fingerprint density at radius 3 is 3.06 bits per heavy atom. The summed E-state index contributed by atoms with van der Waals surface area (Å²) in [5, 5.41) is 5.74. The molecular formula is C13H18ClNS. The zero-order valence-electron chi connectivity index (χ0n) is 9.58. The fraction of sp³-hybridized carbons (Fsp3) is 0.538. The molecule has 0 bridgehead atoms. The average Bonchev–Trinajstić information content (AvgIpc) is 2.74. The minimum atomic E-state index is 0.412. The fourth-order valence-electron chi connectivity index (χ4n) is 2.05. The van der Waals surface area contributed by atoms with Crippen molar-refractivity contribution < 1.29 is 0 Å².